The van der Waals surface area contributed by atoms with Crippen LogP contribution >= 0.6 is 11.3 Å². The number of aromatic nitrogens is 1. The van der Waals surface area contributed by atoms with Crippen molar-refractivity contribution in [1.82, 2.24) is 9.88 Å². The Morgan fingerprint density at radius 3 is 2.61 bits per heavy atom. The van der Waals surface area contributed by atoms with Gasteiger partial charge in [-0.15, -0.1) is 11.3 Å². The summed E-state index contributed by atoms with van der Waals surface area (Å²) in [6, 6.07) is 16.7. The number of carbonyl (C=O) groups is 2. The zero-order chi connectivity index (χ0) is 19.5. The van der Waals surface area contributed by atoms with E-state index in [1.807, 2.05) is 60.0 Å². The summed E-state index contributed by atoms with van der Waals surface area (Å²) in [7, 11) is 0. The summed E-state index contributed by atoms with van der Waals surface area (Å²) in [6.45, 7) is 0.446. The Hall–Kier alpha value is -3.19. The van der Waals surface area contributed by atoms with E-state index in [0.717, 1.165) is 16.8 Å². The van der Waals surface area contributed by atoms with Crippen molar-refractivity contribution in [3.8, 4) is 11.3 Å². The van der Waals surface area contributed by atoms with Crippen LogP contribution in [-0.2, 0) is 16.1 Å². The fourth-order valence-electron chi connectivity index (χ4n) is 3.35. The first kappa shape index (κ1) is 18.2. The van der Waals surface area contributed by atoms with E-state index in [-0.39, 0.29) is 11.8 Å². The molecule has 0 spiro atoms. The largest absolute Gasteiger partial charge is 0.375 e. The lowest BCUT2D eigenvalue weighted by Crippen LogP contribution is -2.41. The van der Waals surface area contributed by atoms with Gasteiger partial charge in [-0.1, -0.05) is 42.5 Å². The van der Waals surface area contributed by atoms with Crippen molar-refractivity contribution < 1.29 is 9.59 Å². The number of likely N-dealkylation sites (tertiary alicyclic amines) is 1. The van der Waals surface area contributed by atoms with Crippen LogP contribution in [0.15, 0.2) is 60.0 Å². The first-order valence-corrected chi connectivity index (χ1v) is 9.94. The second kappa shape index (κ2) is 7.82. The Morgan fingerprint density at radius 2 is 1.93 bits per heavy atom. The van der Waals surface area contributed by atoms with E-state index in [0.29, 0.717) is 30.2 Å². The predicted molar refractivity (Wildman–Crippen MR) is 111 cm³/mol. The van der Waals surface area contributed by atoms with Gasteiger partial charge in [0.15, 0.2) is 5.13 Å². The van der Waals surface area contributed by atoms with Crippen molar-refractivity contribution >= 4 is 34.0 Å². The molecule has 0 unspecified atom stereocenters. The zero-order valence-electron chi connectivity index (χ0n) is 15.2. The number of hydrogen-bond acceptors (Lipinski definition) is 5. The van der Waals surface area contributed by atoms with Crippen LogP contribution in [0.4, 0.5) is 10.8 Å². The van der Waals surface area contributed by atoms with E-state index >= 15 is 0 Å². The van der Waals surface area contributed by atoms with Crippen LogP contribution in [0.3, 0.4) is 0 Å². The molecule has 0 saturated carbocycles. The molecular weight excluding hydrogens is 372 g/mol. The average Bonchev–Trinajstić information content (AvgIpc) is 3.29. The van der Waals surface area contributed by atoms with Crippen molar-refractivity contribution in [3.05, 3.63) is 65.5 Å². The monoisotopic (exact) mass is 392 g/mol. The summed E-state index contributed by atoms with van der Waals surface area (Å²) in [6.07, 6.45) is 0.933. The Balaban J connectivity index is 1.44. The quantitative estimate of drug-likeness (QED) is 0.695. The number of nitrogens with zero attached hydrogens (tertiary/aromatic N) is 2. The Morgan fingerprint density at radius 1 is 1.18 bits per heavy atom. The number of thiazole rings is 1. The summed E-state index contributed by atoms with van der Waals surface area (Å²) >= 11 is 1.39. The van der Waals surface area contributed by atoms with Gasteiger partial charge in [-0.2, -0.15) is 0 Å². The normalized spacial score (nSPS) is 16.4. The first-order chi connectivity index (χ1) is 13.6. The zero-order valence-corrected chi connectivity index (χ0v) is 16.0. The van der Waals surface area contributed by atoms with Gasteiger partial charge in [0.2, 0.25) is 11.8 Å². The highest BCUT2D eigenvalue weighted by molar-refractivity contribution is 7.13. The smallest absolute Gasteiger partial charge is 0.247 e. The minimum atomic E-state index is -0.453. The molecule has 3 N–H and O–H groups in total. The van der Waals surface area contributed by atoms with Gasteiger partial charge in [0.25, 0.3) is 0 Å². The fourth-order valence-corrected chi connectivity index (χ4v) is 3.93. The molecule has 1 atom stereocenters. The van der Waals surface area contributed by atoms with Gasteiger partial charge in [0.05, 0.1) is 5.69 Å². The molecule has 4 rings (SSSR count). The molecule has 1 fully saturated rings. The Kier molecular flexibility index (Phi) is 5.08. The summed E-state index contributed by atoms with van der Waals surface area (Å²) < 4.78 is 0. The van der Waals surface area contributed by atoms with Crippen molar-refractivity contribution in [3.63, 3.8) is 0 Å². The van der Waals surface area contributed by atoms with Crippen molar-refractivity contribution in [2.24, 2.45) is 0 Å². The van der Waals surface area contributed by atoms with Gasteiger partial charge in [0, 0.05) is 29.6 Å². The maximum Gasteiger partial charge on any atom is 0.247 e. The van der Waals surface area contributed by atoms with Crippen molar-refractivity contribution in [1.29, 1.82) is 0 Å². The molecular formula is C21H20N4O2S. The summed E-state index contributed by atoms with van der Waals surface area (Å²) in [4.78, 5) is 31.0. The second-order valence-electron chi connectivity index (χ2n) is 6.70. The minimum Gasteiger partial charge on any atom is -0.375 e. The van der Waals surface area contributed by atoms with E-state index in [4.69, 9.17) is 5.73 Å². The van der Waals surface area contributed by atoms with Crippen LogP contribution in [0.5, 0.6) is 0 Å². The lowest BCUT2D eigenvalue weighted by Gasteiger charge is -2.24. The maximum atomic E-state index is 12.8. The van der Waals surface area contributed by atoms with Gasteiger partial charge in [-0.05, 0) is 24.1 Å². The van der Waals surface area contributed by atoms with Crippen LogP contribution in [0.2, 0.25) is 0 Å². The number of amides is 2. The van der Waals surface area contributed by atoms with Crippen LogP contribution in [-0.4, -0.2) is 27.7 Å². The predicted octanol–water partition coefficient (Wildman–Crippen LogP) is 3.52. The highest BCUT2D eigenvalue weighted by Gasteiger charge is 2.35. The van der Waals surface area contributed by atoms with Crippen LogP contribution in [0.25, 0.3) is 11.3 Å². The fraction of sp³-hybridized carbons (Fsp3) is 0.190. The topological polar surface area (TPSA) is 88.3 Å². The SMILES string of the molecule is Nc1nc(-c2ccc(NC(=O)[C@@H]3CCC(=O)N3Cc3ccccc3)cc2)cs1. The lowest BCUT2D eigenvalue weighted by atomic mass is 10.1. The number of nitrogens with one attached hydrogen (secondary N) is 1. The van der Waals surface area contributed by atoms with Gasteiger partial charge in [0.1, 0.15) is 6.04 Å². The van der Waals surface area contributed by atoms with Gasteiger partial charge >= 0.3 is 0 Å². The average molecular weight is 392 g/mol. The van der Waals surface area contributed by atoms with E-state index < -0.39 is 6.04 Å². The molecule has 1 aliphatic heterocycles. The number of carbonyl (C=O) groups excluding carboxylic acids is 2. The lowest BCUT2D eigenvalue weighted by molar-refractivity contribution is -0.133. The molecule has 6 nitrogen and oxygen atoms in total. The Bertz CT molecular complexity index is 985. The third kappa shape index (κ3) is 3.89. The second-order valence-corrected chi connectivity index (χ2v) is 7.59. The molecule has 1 saturated heterocycles. The molecule has 1 aromatic heterocycles. The molecule has 2 heterocycles. The molecule has 28 heavy (non-hydrogen) atoms. The molecule has 2 amide bonds. The highest BCUT2D eigenvalue weighted by atomic mass is 32.1. The summed E-state index contributed by atoms with van der Waals surface area (Å²) in [5, 5.41) is 5.35. The Labute approximate surface area is 167 Å². The van der Waals surface area contributed by atoms with Gasteiger partial charge in [-0.3, -0.25) is 9.59 Å². The number of nitrogens with two attached hydrogens (primary N) is 1. The molecule has 0 radical (unpaired) electrons. The number of rotatable bonds is 5. The van der Waals surface area contributed by atoms with E-state index in [1.54, 1.807) is 4.90 Å². The number of anilines is 2. The minimum absolute atomic E-state index is 0.0143. The van der Waals surface area contributed by atoms with Crippen LogP contribution in [0, 0.1) is 0 Å². The van der Waals surface area contributed by atoms with E-state index in [1.165, 1.54) is 11.3 Å². The van der Waals surface area contributed by atoms with E-state index in [9.17, 15) is 9.59 Å². The number of benzene rings is 2. The van der Waals surface area contributed by atoms with Gasteiger partial charge < -0.3 is 16.0 Å². The van der Waals surface area contributed by atoms with Crippen molar-refractivity contribution in [2.45, 2.75) is 25.4 Å². The van der Waals surface area contributed by atoms with E-state index in [2.05, 4.69) is 10.3 Å². The highest BCUT2D eigenvalue weighted by Crippen LogP contribution is 2.26. The number of nitrogen functional groups attached to an aromatic ring is 1. The molecule has 142 valence electrons. The van der Waals surface area contributed by atoms with Crippen LogP contribution < -0.4 is 11.1 Å². The molecule has 3 aromatic rings. The van der Waals surface area contributed by atoms with Crippen LogP contribution in [0.1, 0.15) is 18.4 Å². The first-order valence-electron chi connectivity index (χ1n) is 9.06. The molecule has 2 aromatic carbocycles. The number of hydrogen-bond donors (Lipinski definition) is 2. The van der Waals surface area contributed by atoms with Gasteiger partial charge in [-0.25, -0.2) is 4.98 Å². The van der Waals surface area contributed by atoms with Crippen molar-refractivity contribution in [2.75, 3.05) is 11.1 Å². The molecule has 0 bridgehead atoms. The standard InChI is InChI=1S/C21H20N4O2S/c22-21-24-17(13-28-21)15-6-8-16(9-7-15)23-20(27)18-10-11-19(26)25(18)12-14-4-2-1-3-5-14/h1-9,13,18H,10-12H2,(H2,22,24)(H,23,27)/t18-/m0/s1. The molecule has 1 aliphatic rings. The third-order valence-corrected chi connectivity index (χ3v) is 5.47. The molecule has 0 aliphatic carbocycles. The summed E-state index contributed by atoms with van der Waals surface area (Å²) in [5.41, 5.74) is 9.14. The summed E-state index contributed by atoms with van der Waals surface area (Å²) in [5.74, 6) is -0.145. The third-order valence-electron chi connectivity index (χ3n) is 4.80. The maximum absolute atomic E-state index is 12.8. The molecule has 7 heteroatoms.